The Hall–Kier alpha value is -2.08. The summed E-state index contributed by atoms with van der Waals surface area (Å²) in [5, 5.41) is 8.82. The van der Waals surface area contributed by atoms with Crippen molar-refractivity contribution < 1.29 is 24.2 Å². The SMILES string of the molecule is CC(CCOc1ccccc1)C(=O)N1CCOC(CC(=O)O)C1. The molecule has 1 aliphatic rings. The van der Waals surface area contributed by atoms with Crippen molar-refractivity contribution in [1.82, 2.24) is 4.90 Å². The molecular weight excluding hydrogens is 298 g/mol. The maximum Gasteiger partial charge on any atom is 0.306 e. The highest BCUT2D eigenvalue weighted by atomic mass is 16.5. The summed E-state index contributed by atoms with van der Waals surface area (Å²) in [6.45, 7) is 3.59. The number of carboxylic acids is 1. The van der Waals surface area contributed by atoms with Crippen molar-refractivity contribution in [2.45, 2.75) is 25.9 Å². The zero-order valence-electron chi connectivity index (χ0n) is 13.3. The van der Waals surface area contributed by atoms with E-state index in [0.29, 0.717) is 32.7 Å². The van der Waals surface area contributed by atoms with Crippen molar-refractivity contribution in [3.05, 3.63) is 30.3 Å². The first-order valence-electron chi connectivity index (χ1n) is 7.86. The molecule has 2 atom stereocenters. The molecule has 1 amide bonds. The molecule has 0 radical (unpaired) electrons. The lowest BCUT2D eigenvalue weighted by Gasteiger charge is -2.34. The molecule has 1 saturated heterocycles. The van der Waals surface area contributed by atoms with E-state index < -0.39 is 12.1 Å². The first-order valence-corrected chi connectivity index (χ1v) is 7.86. The van der Waals surface area contributed by atoms with E-state index in [1.54, 1.807) is 4.90 Å². The van der Waals surface area contributed by atoms with Crippen molar-refractivity contribution in [2.75, 3.05) is 26.3 Å². The summed E-state index contributed by atoms with van der Waals surface area (Å²) in [6, 6.07) is 9.49. The van der Waals surface area contributed by atoms with Crippen molar-refractivity contribution in [3.63, 3.8) is 0 Å². The smallest absolute Gasteiger partial charge is 0.306 e. The van der Waals surface area contributed by atoms with Gasteiger partial charge in [-0.3, -0.25) is 9.59 Å². The van der Waals surface area contributed by atoms with E-state index in [0.717, 1.165) is 5.75 Å². The van der Waals surface area contributed by atoms with Gasteiger partial charge in [-0.2, -0.15) is 0 Å². The largest absolute Gasteiger partial charge is 0.494 e. The van der Waals surface area contributed by atoms with Gasteiger partial charge in [-0.15, -0.1) is 0 Å². The quantitative estimate of drug-likeness (QED) is 0.828. The standard InChI is InChI=1S/C17H23NO5/c1-13(7-9-22-14-5-3-2-4-6-14)17(21)18-8-10-23-15(12-18)11-16(19)20/h2-6,13,15H,7-12H2,1H3,(H,19,20). The molecule has 6 nitrogen and oxygen atoms in total. The Labute approximate surface area is 136 Å². The predicted molar refractivity (Wildman–Crippen MR) is 84.3 cm³/mol. The van der Waals surface area contributed by atoms with E-state index in [2.05, 4.69) is 0 Å². The number of carbonyl (C=O) groups excluding carboxylic acids is 1. The number of hydrogen-bond donors (Lipinski definition) is 1. The molecule has 1 aromatic carbocycles. The summed E-state index contributed by atoms with van der Waals surface area (Å²) >= 11 is 0. The zero-order chi connectivity index (χ0) is 16.7. The van der Waals surface area contributed by atoms with Gasteiger partial charge in [0.25, 0.3) is 0 Å². The minimum Gasteiger partial charge on any atom is -0.494 e. The molecule has 2 rings (SSSR count). The molecule has 23 heavy (non-hydrogen) atoms. The van der Waals surface area contributed by atoms with Crippen LogP contribution in [0.3, 0.4) is 0 Å². The summed E-state index contributed by atoms with van der Waals surface area (Å²) in [7, 11) is 0. The van der Waals surface area contributed by atoms with Gasteiger partial charge in [0.1, 0.15) is 5.75 Å². The van der Waals surface area contributed by atoms with Gasteiger partial charge in [0, 0.05) is 19.0 Å². The van der Waals surface area contributed by atoms with Crippen LogP contribution in [0.4, 0.5) is 0 Å². The minimum atomic E-state index is -0.909. The second kappa shape index (κ2) is 8.53. The highest BCUT2D eigenvalue weighted by Crippen LogP contribution is 2.15. The number of amides is 1. The average molecular weight is 321 g/mol. The topological polar surface area (TPSA) is 76.1 Å². The number of carboxylic acid groups (broad SMARTS) is 1. The van der Waals surface area contributed by atoms with Crippen LogP contribution in [0.2, 0.25) is 0 Å². The fourth-order valence-electron chi connectivity index (χ4n) is 2.54. The van der Waals surface area contributed by atoms with Gasteiger partial charge in [0.15, 0.2) is 0 Å². The van der Waals surface area contributed by atoms with Crippen LogP contribution >= 0.6 is 0 Å². The molecule has 1 aliphatic heterocycles. The van der Waals surface area contributed by atoms with Crippen LogP contribution in [0.5, 0.6) is 5.75 Å². The van der Waals surface area contributed by atoms with Crippen LogP contribution < -0.4 is 4.74 Å². The van der Waals surface area contributed by atoms with Crippen molar-refractivity contribution >= 4 is 11.9 Å². The maximum atomic E-state index is 12.4. The van der Waals surface area contributed by atoms with E-state index in [1.165, 1.54) is 0 Å². The van der Waals surface area contributed by atoms with E-state index in [1.807, 2.05) is 37.3 Å². The highest BCUT2D eigenvalue weighted by molar-refractivity contribution is 5.78. The van der Waals surface area contributed by atoms with E-state index in [9.17, 15) is 9.59 Å². The van der Waals surface area contributed by atoms with Gasteiger partial charge in [-0.1, -0.05) is 25.1 Å². The lowest BCUT2D eigenvalue weighted by molar-refractivity contribution is -0.149. The Kier molecular flexibility index (Phi) is 6.40. The highest BCUT2D eigenvalue weighted by Gasteiger charge is 2.28. The number of morpholine rings is 1. The molecule has 1 heterocycles. The van der Waals surface area contributed by atoms with Crippen molar-refractivity contribution in [3.8, 4) is 5.75 Å². The first kappa shape index (κ1) is 17.3. The molecule has 0 spiro atoms. The van der Waals surface area contributed by atoms with E-state index in [4.69, 9.17) is 14.6 Å². The van der Waals surface area contributed by atoms with Gasteiger partial charge >= 0.3 is 5.97 Å². The lowest BCUT2D eigenvalue weighted by Crippen LogP contribution is -2.48. The summed E-state index contributed by atoms with van der Waals surface area (Å²) in [5.41, 5.74) is 0. The fraction of sp³-hybridized carbons (Fsp3) is 0.529. The van der Waals surface area contributed by atoms with Gasteiger partial charge in [-0.25, -0.2) is 0 Å². The second-order valence-corrected chi connectivity index (χ2v) is 5.73. The molecular formula is C17H23NO5. The molecule has 6 heteroatoms. The van der Waals surface area contributed by atoms with Crippen molar-refractivity contribution in [2.24, 2.45) is 5.92 Å². The summed E-state index contributed by atoms with van der Waals surface area (Å²) < 4.78 is 11.0. The number of aliphatic carboxylic acids is 1. The normalized spacial score (nSPS) is 19.2. The Morgan fingerprint density at radius 1 is 1.39 bits per heavy atom. The number of ether oxygens (including phenoxy) is 2. The number of nitrogens with zero attached hydrogens (tertiary/aromatic N) is 1. The molecule has 0 aliphatic carbocycles. The van der Waals surface area contributed by atoms with Gasteiger partial charge in [-0.05, 0) is 18.6 Å². The Balaban J connectivity index is 1.76. The first-order chi connectivity index (χ1) is 11.1. The lowest BCUT2D eigenvalue weighted by atomic mass is 10.1. The molecule has 2 unspecified atom stereocenters. The van der Waals surface area contributed by atoms with Crippen LogP contribution in [0.15, 0.2) is 30.3 Å². The second-order valence-electron chi connectivity index (χ2n) is 5.73. The molecule has 1 fully saturated rings. The van der Waals surface area contributed by atoms with E-state index >= 15 is 0 Å². The third kappa shape index (κ3) is 5.56. The zero-order valence-corrected chi connectivity index (χ0v) is 13.3. The van der Waals surface area contributed by atoms with E-state index in [-0.39, 0.29) is 18.2 Å². The van der Waals surface area contributed by atoms with Gasteiger partial charge in [0.2, 0.25) is 5.91 Å². The van der Waals surface area contributed by atoms with Crippen LogP contribution in [-0.2, 0) is 14.3 Å². The van der Waals surface area contributed by atoms with Gasteiger partial charge in [0.05, 0.1) is 25.7 Å². The molecule has 1 aromatic rings. The summed E-state index contributed by atoms with van der Waals surface area (Å²) in [4.78, 5) is 24.9. The van der Waals surface area contributed by atoms with Crippen LogP contribution in [-0.4, -0.2) is 54.3 Å². The van der Waals surface area contributed by atoms with Crippen LogP contribution in [0.25, 0.3) is 0 Å². The fourth-order valence-corrected chi connectivity index (χ4v) is 2.54. The summed E-state index contributed by atoms with van der Waals surface area (Å²) in [6.07, 6.45) is 0.127. The molecule has 0 saturated carbocycles. The van der Waals surface area contributed by atoms with Crippen LogP contribution in [0.1, 0.15) is 19.8 Å². The number of para-hydroxylation sites is 1. The number of carbonyl (C=O) groups is 2. The predicted octanol–water partition coefficient (Wildman–Crippen LogP) is 1.79. The Bertz CT molecular complexity index is 519. The number of benzene rings is 1. The molecule has 0 aromatic heterocycles. The van der Waals surface area contributed by atoms with Gasteiger partial charge < -0.3 is 19.5 Å². The molecule has 1 N–H and O–H groups in total. The molecule has 126 valence electrons. The maximum absolute atomic E-state index is 12.4. The minimum absolute atomic E-state index is 0.0281. The number of rotatable bonds is 7. The monoisotopic (exact) mass is 321 g/mol. The van der Waals surface area contributed by atoms with Crippen LogP contribution in [0, 0.1) is 5.92 Å². The van der Waals surface area contributed by atoms with Crippen molar-refractivity contribution in [1.29, 1.82) is 0 Å². The average Bonchev–Trinajstić information content (AvgIpc) is 2.54. The third-order valence-corrected chi connectivity index (χ3v) is 3.84. The molecule has 0 bridgehead atoms. The summed E-state index contributed by atoms with van der Waals surface area (Å²) in [5.74, 6) is -0.253. The Morgan fingerprint density at radius 3 is 2.83 bits per heavy atom. The third-order valence-electron chi connectivity index (χ3n) is 3.84. The Morgan fingerprint density at radius 2 is 2.13 bits per heavy atom. The number of hydrogen-bond acceptors (Lipinski definition) is 4.